The maximum atomic E-state index is 12.7. The lowest BCUT2D eigenvalue weighted by atomic mass is 9.96. The van der Waals surface area contributed by atoms with Crippen LogP contribution in [-0.4, -0.2) is 77.3 Å². The van der Waals surface area contributed by atoms with E-state index in [1.165, 1.54) is 6.33 Å². The molecule has 3 aromatic rings. The summed E-state index contributed by atoms with van der Waals surface area (Å²) in [5, 5.41) is 2.65. The first kappa shape index (κ1) is 25.5. The Bertz CT molecular complexity index is 1280. The molecule has 2 fully saturated rings. The fraction of sp³-hybridized carbons (Fsp3) is 0.520. The fourth-order valence-corrected chi connectivity index (χ4v) is 4.50. The van der Waals surface area contributed by atoms with Crippen LogP contribution < -0.4 is 10.9 Å². The van der Waals surface area contributed by atoms with Crippen LogP contribution in [0.5, 0.6) is 0 Å². The number of aromatic nitrogens is 4. The number of nitrogens with one attached hydrogen (secondary N) is 2. The zero-order chi connectivity index (χ0) is 25.9. The average Bonchev–Trinajstić information content (AvgIpc) is 3.33. The van der Waals surface area contributed by atoms with Gasteiger partial charge in [-0.2, -0.15) is 4.98 Å². The molecule has 1 unspecified atom stereocenters. The van der Waals surface area contributed by atoms with Crippen molar-refractivity contribution >= 4 is 23.0 Å². The number of imidazole rings is 1. The minimum Gasteiger partial charge on any atom is -0.382 e. The van der Waals surface area contributed by atoms with Crippen LogP contribution in [-0.2, 0) is 28.5 Å². The van der Waals surface area contributed by atoms with Crippen molar-refractivity contribution in [1.82, 2.24) is 19.5 Å². The predicted octanol–water partition coefficient (Wildman–Crippen LogP) is 1.80. The molecule has 0 aliphatic carbocycles. The van der Waals surface area contributed by atoms with Gasteiger partial charge in [0.15, 0.2) is 17.5 Å². The molecule has 5 rings (SSSR count). The summed E-state index contributed by atoms with van der Waals surface area (Å²) in [6, 6.07) is 9.26. The molecule has 2 aromatic heterocycles. The third-order valence-corrected chi connectivity index (χ3v) is 6.47. The number of hydrogen-bond acceptors (Lipinski definition) is 9. The Morgan fingerprint density at radius 2 is 2.03 bits per heavy atom. The summed E-state index contributed by atoms with van der Waals surface area (Å²) in [4.78, 5) is 36.3. The Balaban J connectivity index is 1.48. The summed E-state index contributed by atoms with van der Waals surface area (Å²) < 4.78 is 31.7. The third-order valence-electron chi connectivity index (χ3n) is 6.47. The molecule has 5 atom stereocenters. The molecule has 37 heavy (non-hydrogen) atoms. The number of anilines is 1. The lowest BCUT2D eigenvalue weighted by molar-refractivity contribution is -0.312. The summed E-state index contributed by atoms with van der Waals surface area (Å²) in [6.07, 6.45) is -0.312. The molecule has 2 N–H and O–H groups in total. The maximum absolute atomic E-state index is 12.7. The number of carbonyl (C=O) groups is 1. The highest BCUT2D eigenvalue weighted by molar-refractivity contribution is 5.91. The second-order valence-electron chi connectivity index (χ2n) is 9.33. The number of H-pyrrole nitrogens is 1. The van der Waals surface area contributed by atoms with Gasteiger partial charge in [0.2, 0.25) is 11.9 Å². The zero-order valence-corrected chi connectivity index (χ0v) is 21.0. The van der Waals surface area contributed by atoms with Gasteiger partial charge >= 0.3 is 0 Å². The standard InChI is InChI=1S/C25H31N5O7/c1-14(2)22(31)28-25-27-21-18(23(32)29-25)26-13-30(21)16-11-35-17-12-36-24(15-7-5-4-6-8-15)37-20(17)19(16)34-10-9-33-3/h4-8,13-14,16-17,19-20,24H,9-12H2,1-3H3,(H2,27,28,29,31,32)/t16-,17-,19+,20-,24?/m1/s1. The van der Waals surface area contributed by atoms with Gasteiger partial charge in [-0.25, -0.2) is 4.98 Å². The van der Waals surface area contributed by atoms with Crippen LogP contribution in [0, 0.1) is 5.92 Å². The summed E-state index contributed by atoms with van der Waals surface area (Å²) in [6.45, 7) is 4.84. The zero-order valence-electron chi connectivity index (χ0n) is 21.0. The summed E-state index contributed by atoms with van der Waals surface area (Å²) in [7, 11) is 1.61. The number of benzene rings is 1. The van der Waals surface area contributed by atoms with E-state index in [-0.39, 0.29) is 36.0 Å². The molecule has 198 valence electrons. The molecule has 2 aliphatic rings. The molecule has 0 bridgehead atoms. The van der Waals surface area contributed by atoms with Gasteiger partial charge in [-0.3, -0.25) is 19.9 Å². The van der Waals surface area contributed by atoms with E-state index >= 15 is 0 Å². The minimum atomic E-state index is -0.573. The van der Waals surface area contributed by atoms with E-state index in [9.17, 15) is 9.59 Å². The van der Waals surface area contributed by atoms with Crippen molar-refractivity contribution in [1.29, 1.82) is 0 Å². The molecule has 12 nitrogen and oxygen atoms in total. The number of aromatic amines is 1. The normalized spacial score (nSPS) is 25.8. The Kier molecular flexibility index (Phi) is 7.63. The summed E-state index contributed by atoms with van der Waals surface area (Å²) in [5.41, 5.74) is 0.892. The van der Waals surface area contributed by atoms with Gasteiger partial charge in [0.05, 0.1) is 38.8 Å². The highest BCUT2D eigenvalue weighted by Gasteiger charge is 2.47. The molecule has 4 heterocycles. The second kappa shape index (κ2) is 11.1. The quantitative estimate of drug-likeness (QED) is 0.432. The Morgan fingerprint density at radius 3 is 2.78 bits per heavy atom. The summed E-state index contributed by atoms with van der Waals surface area (Å²) in [5.74, 6) is -0.493. The highest BCUT2D eigenvalue weighted by atomic mass is 16.7. The first-order valence-corrected chi connectivity index (χ1v) is 12.3. The van der Waals surface area contributed by atoms with E-state index in [1.807, 2.05) is 30.3 Å². The van der Waals surface area contributed by atoms with E-state index in [0.29, 0.717) is 25.5 Å². The minimum absolute atomic E-state index is 0.0517. The molecule has 0 saturated carbocycles. The number of rotatable bonds is 8. The first-order valence-electron chi connectivity index (χ1n) is 12.3. The largest absolute Gasteiger partial charge is 0.382 e. The first-order chi connectivity index (χ1) is 18.0. The number of ether oxygens (including phenoxy) is 5. The van der Waals surface area contributed by atoms with Crippen LogP contribution >= 0.6 is 0 Å². The highest BCUT2D eigenvalue weighted by Crippen LogP contribution is 2.37. The van der Waals surface area contributed by atoms with Gasteiger partial charge in [0.25, 0.3) is 5.56 Å². The Labute approximate surface area is 213 Å². The van der Waals surface area contributed by atoms with Crippen molar-refractivity contribution in [3.63, 3.8) is 0 Å². The van der Waals surface area contributed by atoms with Crippen molar-refractivity contribution in [3.05, 3.63) is 52.6 Å². The third kappa shape index (κ3) is 5.29. The van der Waals surface area contributed by atoms with Crippen molar-refractivity contribution in [2.75, 3.05) is 38.9 Å². The number of hydrogen-bond donors (Lipinski definition) is 2. The van der Waals surface area contributed by atoms with Crippen LogP contribution in [0.4, 0.5) is 5.95 Å². The van der Waals surface area contributed by atoms with Crippen molar-refractivity contribution in [2.45, 2.75) is 44.5 Å². The Hall–Kier alpha value is -3.16. The lowest BCUT2D eigenvalue weighted by Crippen LogP contribution is -2.57. The van der Waals surface area contributed by atoms with Crippen LogP contribution in [0.1, 0.15) is 31.7 Å². The molecule has 1 amide bonds. The van der Waals surface area contributed by atoms with Gasteiger partial charge < -0.3 is 28.3 Å². The van der Waals surface area contributed by atoms with Gasteiger partial charge in [-0.15, -0.1) is 0 Å². The lowest BCUT2D eigenvalue weighted by Gasteiger charge is -2.46. The van der Waals surface area contributed by atoms with Crippen LogP contribution in [0.3, 0.4) is 0 Å². The van der Waals surface area contributed by atoms with Crippen molar-refractivity contribution < 1.29 is 28.5 Å². The summed E-state index contributed by atoms with van der Waals surface area (Å²) >= 11 is 0. The molecule has 0 spiro atoms. The monoisotopic (exact) mass is 513 g/mol. The SMILES string of the molecule is COCCO[C@@H]1[C@@H]2OC(c3ccccc3)OC[C@H]2OC[C@H]1n1cnc2c(=O)[nH]c(NC(=O)C(C)C)nc21. The molecule has 0 radical (unpaired) electrons. The van der Waals surface area contributed by atoms with E-state index in [4.69, 9.17) is 23.7 Å². The maximum Gasteiger partial charge on any atom is 0.280 e. The number of carbonyl (C=O) groups excluding carboxylic acids is 1. The number of methoxy groups -OCH3 is 1. The number of fused-ring (bicyclic) bond motifs is 2. The van der Waals surface area contributed by atoms with Gasteiger partial charge in [-0.05, 0) is 0 Å². The van der Waals surface area contributed by atoms with E-state index < -0.39 is 30.1 Å². The molecular weight excluding hydrogens is 482 g/mol. The molecular formula is C25H31N5O7. The smallest absolute Gasteiger partial charge is 0.280 e. The van der Waals surface area contributed by atoms with E-state index in [0.717, 1.165) is 5.56 Å². The number of amides is 1. The van der Waals surface area contributed by atoms with Crippen LogP contribution in [0.25, 0.3) is 11.2 Å². The van der Waals surface area contributed by atoms with Crippen LogP contribution in [0.15, 0.2) is 41.5 Å². The fourth-order valence-electron chi connectivity index (χ4n) is 4.50. The molecule has 1 aromatic carbocycles. The molecule has 12 heteroatoms. The molecule has 2 saturated heterocycles. The van der Waals surface area contributed by atoms with E-state index in [2.05, 4.69) is 20.3 Å². The van der Waals surface area contributed by atoms with Crippen molar-refractivity contribution in [2.24, 2.45) is 5.92 Å². The average molecular weight is 514 g/mol. The van der Waals surface area contributed by atoms with Gasteiger partial charge in [0, 0.05) is 18.6 Å². The number of nitrogens with zero attached hydrogens (tertiary/aromatic N) is 3. The predicted molar refractivity (Wildman–Crippen MR) is 132 cm³/mol. The second-order valence-corrected chi connectivity index (χ2v) is 9.33. The van der Waals surface area contributed by atoms with E-state index in [1.54, 1.807) is 25.5 Å². The van der Waals surface area contributed by atoms with Crippen LogP contribution in [0.2, 0.25) is 0 Å². The van der Waals surface area contributed by atoms with Crippen molar-refractivity contribution in [3.8, 4) is 0 Å². The molecule has 2 aliphatic heterocycles. The van der Waals surface area contributed by atoms with Gasteiger partial charge in [0.1, 0.15) is 18.3 Å². The van der Waals surface area contributed by atoms with Gasteiger partial charge in [-0.1, -0.05) is 44.2 Å². The topological polar surface area (TPSA) is 139 Å². The Morgan fingerprint density at radius 1 is 1.22 bits per heavy atom.